The topological polar surface area (TPSA) is 76.2 Å². The number of carbonyl (C=O) groups is 1. The van der Waals surface area contributed by atoms with Gasteiger partial charge in [0.1, 0.15) is 9.39 Å². The lowest BCUT2D eigenvalue weighted by atomic mass is 10.1. The van der Waals surface area contributed by atoms with Crippen molar-refractivity contribution >= 4 is 28.6 Å². The van der Waals surface area contributed by atoms with E-state index < -0.39 is 24.5 Å². The fourth-order valence-electron chi connectivity index (χ4n) is 1.23. The van der Waals surface area contributed by atoms with E-state index in [1.807, 2.05) is 0 Å². The van der Waals surface area contributed by atoms with E-state index in [0.717, 1.165) is 0 Å². The van der Waals surface area contributed by atoms with Crippen LogP contribution in [0, 0.1) is 3.70 Å². The van der Waals surface area contributed by atoms with Gasteiger partial charge in [-0.15, -0.1) is 0 Å². The minimum absolute atomic E-state index is 0.0170. The molecule has 0 saturated heterocycles. The number of hydrogen-bond donors (Lipinski definition) is 2. The summed E-state index contributed by atoms with van der Waals surface area (Å²) < 4.78 is 25.6. The number of aromatic nitrogens is 1. The first-order valence-electron chi connectivity index (χ1n) is 4.34. The molecular formula is C9H9F2IN2O2. The molecule has 1 aromatic heterocycles. The largest absolute Gasteiger partial charge is 0.481 e. The van der Waals surface area contributed by atoms with Crippen molar-refractivity contribution in [2.45, 2.75) is 19.4 Å². The molecular weight excluding hydrogens is 333 g/mol. The van der Waals surface area contributed by atoms with Crippen LogP contribution in [0.4, 0.5) is 8.78 Å². The minimum Gasteiger partial charge on any atom is -0.481 e. The fraction of sp³-hybridized carbons (Fsp3) is 0.333. The molecule has 16 heavy (non-hydrogen) atoms. The Labute approximate surface area is 104 Å². The van der Waals surface area contributed by atoms with Crippen molar-refractivity contribution in [3.63, 3.8) is 0 Å². The Hall–Kier alpha value is -0.830. The van der Waals surface area contributed by atoms with Crippen LogP contribution >= 0.6 is 22.6 Å². The van der Waals surface area contributed by atoms with Crippen molar-refractivity contribution < 1.29 is 18.7 Å². The third-order valence-electron chi connectivity index (χ3n) is 1.93. The molecule has 4 nitrogen and oxygen atoms in total. The summed E-state index contributed by atoms with van der Waals surface area (Å²) in [5.41, 5.74) is 5.50. The molecule has 0 bridgehead atoms. The average molecular weight is 342 g/mol. The summed E-state index contributed by atoms with van der Waals surface area (Å²) in [6.45, 7) is 0.140. The molecule has 7 heteroatoms. The SMILES string of the molecule is NCc1cc(CC(=O)O)c(C(F)F)nc1I. The van der Waals surface area contributed by atoms with Gasteiger partial charge in [0.15, 0.2) is 0 Å². The van der Waals surface area contributed by atoms with Gasteiger partial charge in [-0.2, -0.15) is 0 Å². The molecule has 0 saturated carbocycles. The van der Waals surface area contributed by atoms with E-state index in [0.29, 0.717) is 9.26 Å². The number of halogens is 3. The maximum absolute atomic E-state index is 12.6. The Morgan fingerprint density at radius 1 is 1.56 bits per heavy atom. The molecule has 3 N–H and O–H groups in total. The van der Waals surface area contributed by atoms with Crippen molar-refractivity contribution in [1.29, 1.82) is 0 Å². The molecule has 1 heterocycles. The normalized spacial score (nSPS) is 10.8. The smallest absolute Gasteiger partial charge is 0.307 e. The van der Waals surface area contributed by atoms with Gasteiger partial charge in [-0.05, 0) is 39.8 Å². The molecule has 88 valence electrons. The van der Waals surface area contributed by atoms with E-state index in [4.69, 9.17) is 10.8 Å². The molecule has 0 atom stereocenters. The van der Waals surface area contributed by atoms with Gasteiger partial charge >= 0.3 is 5.97 Å². The van der Waals surface area contributed by atoms with Crippen LogP contribution in [-0.4, -0.2) is 16.1 Å². The highest BCUT2D eigenvalue weighted by atomic mass is 127. The first kappa shape index (κ1) is 13.2. The molecule has 0 radical (unpaired) electrons. The highest BCUT2D eigenvalue weighted by Crippen LogP contribution is 2.24. The van der Waals surface area contributed by atoms with E-state index in [1.165, 1.54) is 6.07 Å². The lowest BCUT2D eigenvalue weighted by molar-refractivity contribution is -0.136. The van der Waals surface area contributed by atoms with E-state index in [-0.39, 0.29) is 12.1 Å². The maximum atomic E-state index is 12.6. The Balaban J connectivity index is 3.24. The van der Waals surface area contributed by atoms with Crippen LogP contribution < -0.4 is 5.73 Å². The van der Waals surface area contributed by atoms with E-state index in [2.05, 4.69) is 4.98 Å². The minimum atomic E-state index is -2.78. The zero-order chi connectivity index (χ0) is 12.3. The van der Waals surface area contributed by atoms with Gasteiger partial charge in [-0.1, -0.05) is 0 Å². The third-order valence-corrected chi connectivity index (χ3v) is 2.86. The van der Waals surface area contributed by atoms with Crippen LogP contribution in [0.25, 0.3) is 0 Å². The number of carboxylic acids is 1. The van der Waals surface area contributed by atoms with Gasteiger partial charge in [0.25, 0.3) is 6.43 Å². The van der Waals surface area contributed by atoms with Crippen molar-refractivity contribution in [2.24, 2.45) is 5.73 Å². The zero-order valence-corrected chi connectivity index (χ0v) is 10.2. The van der Waals surface area contributed by atoms with Gasteiger partial charge in [0.2, 0.25) is 0 Å². The summed E-state index contributed by atoms with van der Waals surface area (Å²) in [7, 11) is 0. The number of nitrogens with zero attached hydrogens (tertiary/aromatic N) is 1. The summed E-state index contributed by atoms with van der Waals surface area (Å²) in [6.07, 6.45) is -3.26. The van der Waals surface area contributed by atoms with Crippen LogP contribution in [0.15, 0.2) is 6.07 Å². The number of hydrogen-bond acceptors (Lipinski definition) is 3. The Morgan fingerprint density at radius 3 is 2.62 bits per heavy atom. The highest BCUT2D eigenvalue weighted by Gasteiger charge is 2.19. The van der Waals surface area contributed by atoms with Gasteiger partial charge in [0.05, 0.1) is 6.42 Å². The Bertz CT molecular complexity index is 413. The molecule has 0 spiro atoms. The fourth-order valence-corrected chi connectivity index (χ4v) is 1.87. The van der Waals surface area contributed by atoms with E-state index in [9.17, 15) is 13.6 Å². The molecule has 0 aliphatic rings. The lowest BCUT2D eigenvalue weighted by Gasteiger charge is -2.09. The zero-order valence-electron chi connectivity index (χ0n) is 8.08. The molecule has 1 aromatic rings. The van der Waals surface area contributed by atoms with E-state index >= 15 is 0 Å². The van der Waals surface area contributed by atoms with E-state index in [1.54, 1.807) is 22.6 Å². The second-order valence-corrected chi connectivity index (χ2v) is 4.08. The molecule has 1 rings (SSSR count). The summed E-state index contributed by atoms with van der Waals surface area (Å²) in [6, 6.07) is 1.38. The molecule has 0 aliphatic carbocycles. The maximum Gasteiger partial charge on any atom is 0.307 e. The number of aliphatic carboxylic acids is 1. The quantitative estimate of drug-likeness (QED) is 0.645. The van der Waals surface area contributed by atoms with Crippen molar-refractivity contribution in [2.75, 3.05) is 0 Å². The number of alkyl halides is 2. The standard InChI is InChI=1S/C9H9F2IN2O2/c10-8(11)7-4(2-6(15)16)1-5(3-13)9(12)14-7/h1,8H,2-3,13H2,(H,15,16). The van der Waals surface area contributed by atoms with Crippen molar-refractivity contribution in [3.8, 4) is 0 Å². The monoisotopic (exact) mass is 342 g/mol. The summed E-state index contributed by atoms with van der Waals surface area (Å²) in [5, 5.41) is 8.60. The van der Waals surface area contributed by atoms with Crippen LogP contribution in [0.1, 0.15) is 23.2 Å². The predicted molar refractivity (Wildman–Crippen MR) is 61.1 cm³/mol. The number of pyridine rings is 1. The van der Waals surface area contributed by atoms with Gasteiger partial charge in [-0.3, -0.25) is 4.79 Å². The van der Waals surface area contributed by atoms with Crippen LogP contribution in [-0.2, 0) is 17.8 Å². The van der Waals surface area contributed by atoms with Crippen LogP contribution in [0.5, 0.6) is 0 Å². The summed E-state index contributed by atoms with van der Waals surface area (Å²) in [5.74, 6) is -1.17. The lowest BCUT2D eigenvalue weighted by Crippen LogP contribution is -2.10. The van der Waals surface area contributed by atoms with Gasteiger partial charge < -0.3 is 10.8 Å². The molecule has 0 unspecified atom stereocenters. The molecule has 0 aromatic carbocycles. The van der Waals surface area contributed by atoms with Crippen molar-refractivity contribution in [3.05, 3.63) is 26.6 Å². The first-order valence-corrected chi connectivity index (χ1v) is 5.41. The molecule has 0 aliphatic heterocycles. The van der Waals surface area contributed by atoms with Crippen LogP contribution in [0.2, 0.25) is 0 Å². The predicted octanol–water partition coefficient (Wildman–Crippen LogP) is 1.71. The Kier molecular flexibility index (Phi) is 4.54. The molecule has 0 amide bonds. The van der Waals surface area contributed by atoms with Crippen molar-refractivity contribution in [1.82, 2.24) is 4.98 Å². The highest BCUT2D eigenvalue weighted by molar-refractivity contribution is 14.1. The Morgan fingerprint density at radius 2 is 2.19 bits per heavy atom. The number of carboxylic acid groups (broad SMARTS) is 1. The average Bonchev–Trinajstić information content (AvgIpc) is 2.19. The number of nitrogens with two attached hydrogens (primary N) is 1. The number of rotatable bonds is 4. The molecule has 0 fully saturated rings. The van der Waals surface area contributed by atoms with Gasteiger partial charge in [-0.25, -0.2) is 13.8 Å². The second-order valence-electron chi connectivity index (χ2n) is 3.06. The third kappa shape index (κ3) is 3.08. The van der Waals surface area contributed by atoms with Gasteiger partial charge in [0, 0.05) is 6.54 Å². The second kappa shape index (κ2) is 5.48. The van der Waals surface area contributed by atoms with Crippen LogP contribution in [0.3, 0.4) is 0 Å². The first-order chi connectivity index (χ1) is 7.45. The summed E-state index contributed by atoms with van der Waals surface area (Å²) >= 11 is 1.80. The summed E-state index contributed by atoms with van der Waals surface area (Å²) in [4.78, 5) is 14.2.